The van der Waals surface area contributed by atoms with Crippen LogP contribution in [0.1, 0.15) is 18.1 Å². The average Bonchev–Trinajstić information content (AvgIpc) is 2.28. The predicted octanol–water partition coefficient (Wildman–Crippen LogP) is 1.68. The van der Waals surface area contributed by atoms with Crippen LogP contribution >= 0.6 is 12.2 Å². The van der Waals surface area contributed by atoms with E-state index < -0.39 is 0 Å². The van der Waals surface area contributed by atoms with Crippen molar-refractivity contribution >= 4 is 17.2 Å². The summed E-state index contributed by atoms with van der Waals surface area (Å²) >= 11 is 5.00. The number of hydrogen-bond acceptors (Lipinski definition) is 3. The van der Waals surface area contributed by atoms with Crippen molar-refractivity contribution in [3.05, 3.63) is 35.1 Å². The first-order valence-corrected chi connectivity index (χ1v) is 6.39. The fourth-order valence-corrected chi connectivity index (χ4v) is 2.41. The van der Waals surface area contributed by atoms with Crippen molar-refractivity contribution in [3.8, 4) is 0 Å². The van der Waals surface area contributed by atoms with E-state index in [4.69, 9.17) is 22.7 Å². The molecule has 0 spiro atoms. The third kappa shape index (κ3) is 3.25. The molecule has 3 nitrogen and oxygen atoms in total. The van der Waals surface area contributed by atoms with Crippen LogP contribution < -0.4 is 5.73 Å². The average molecular weight is 268 g/mol. The number of rotatable bonds is 3. The smallest absolute Gasteiger partial charge is 0.123 e. The standard InChI is InChI=1S/C13H17FN2OS/c1-9-7-16(4-5-17-9)8-10-6-11(14)2-3-12(10)13(15)18/h2-3,6,9H,4-5,7-8H2,1H3,(H2,15,18). The zero-order valence-electron chi connectivity index (χ0n) is 10.4. The molecule has 98 valence electrons. The summed E-state index contributed by atoms with van der Waals surface area (Å²) in [5.74, 6) is -0.258. The first-order chi connectivity index (χ1) is 8.56. The van der Waals surface area contributed by atoms with Crippen molar-refractivity contribution in [1.29, 1.82) is 0 Å². The minimum atomic E-state index is -0.258. The van der Waals surface area contributed by atoms with Crippen molar-refractivity contribution < 1.29 is 9.13 Å². The molecular formula is C13H17FN2OS. The Hall–Kier alpha value is -1.04. The minimum Gasteiger partial charge on any atom is -0.389 e. The van der Waals surface area contributed by atoms with Crippen LogP contribution in [0.5, 0.6) is 0 Å². The summed E-state index contributed by atoms with van der Waals surface area (Å²) in [6.45, 7) is 5.08. The van der Waals surface area contributed by atoms with Crippen LogP contribution in [0, 0.1) is 5.82 Å². The van der Waals surface area contributed by atoms with E-state index in [-0.39, 0.29) is 11.9 Å². The van der Waals surface area contributed by atoms with E-state index in [0.717, 1.165) is 24.2 Å². The second-order valence-corrected chi connectivity index (χ2v) is 5.02. The minimum absolute atomic E-state index is 0.209. The molecule has 0 aromatic heterocycles. The lowest BCUT2D eigenvalue weighted by Crippen LogP contribution is -2.40. The Morgan fingerprint density at radius 1 is 1.61 bits per heavy atom. The number of benzene rings is 1. The van der Waals surface area contributed by atoms with Gasteiger partial charge in [-0.05, 0) is 30.7 Å². The molecule has 1 saturated heterocycles. The molecule has 1 aromatic rings. The summed E-state index contributed by atoms with van der Waals surface area (Å²) in [6.07, 6.45) is 0.209. The Bertz CT molecular complexity index is 453. The monoisotopic (exact) mass is 268 g/mol. The van der Waals surface area contributed by atoms with Crippen molar-refractivity contribution in [1.82, 2.24) is 4.90 Å². The number of hydrogen-bond donors (Lipinski definition) is 1. The molecule has 2 N–H and O–H groups in total. The van der Waals surface area contributed by atoms with Gasteiger partial charge in [-0.3, -0.25) is 4.90 Å². The molecule has 1 aliphatic rings. The lowest BCUT2D eigenvalue weighted by molar-refractivity contribution is -0.0212. The molecule has 0 saturated carbocycles. The highest BCUT2D eigenvalue weighted by molar-refractivity contribution is 7.80. The molecule has 0 aliphatic carbocycles. The summed E-state index contributed by atoms with van der Waals surface area (Å²) in [4.78, 5) is 2.54. The lowest BCUT2D eigenvalue weighted by Gasteiger charge is -2.31. The quantitative estimate of drug-likeness (QED) is 0.847. The molecular weight excluding hydrogens is 251 g/mol. The van der Waals surface area contributed by atoms with E-state index in [0.29, 0.717) is 18.1 Å². The van der Waals surface area contributed by atoms with Gasteiger partial charge in [0.15, 0.2) is 0 Å². The normalized spacial score (nSPS) is 20.9. The molecule has 0 radical (unpaired) electrons. The van der Waals surface area contributed by atoms with E-state index in [9.17, 15) is 4.39 Å². The Morgan fingerprint density at radius 3 is 3.06 bits per heavy atom. The maximum Gasteiger partial charge on any atom is 0.123 e. The van der Waals surface area contributed by atoms with Gasteiger partial charge in [0.2, 0.25) is 0 Å². The molecule has 0 bridgehead atoms. The van der Waals surface area contributed by atoms with Gasteiger partial charge < -0.3 is 10.5 Å². The van der Waals surface area contributed by atoms with Crippen LogP contribution in [0.15, 0.2) is 18.2 Å². The van der Waals surface area contributed by atoms with Crippen LogP contribution in [0.3, 0.4) is 0 Å². The highest BCUT2D eigenvalue weighted by Crippen LogP contribution is 2.16. The highest BCUT2D eigenvalue weighted by atomic mass is 32.1. The number of morpholine rings is 1. The van der Waals surface area contributed by atoms with E-state index >= 15 is 0 Å². The van der Waals surface area contributed by atoms with Gasteiger partial charge in [-0.1, -0.05) is 12.2 Å². The maximum absolute atomic E-state index is 13.3. The van der Waals surface area contributed by atoms with Crippen molar-refractivity contribution in [2.75, 3.05) is 19.7 Å². The summed E-state index contributed by atoms with van der Waals surface area (Å²) in [7, 11) is 0. The SMILES string of the molecule is CC1CN(Cc2cc(F)ccc2C(N)=S)CCO1. The van der Waals surface area contributed by atoms with Crippen LogP contribution in [0.4, 0.5) is 4.39 Å². The maximum atomic E-state index is 13.3. The van der Waals surface area contributed by atoms with Crippen molar-refractivity contribution in [2.24, 2.45) is 5.73 Å². The Labute approximate surface area is 112 Å². The fourth-order valence-electron chi connectivity index (χ4n) is 2.21. The first-order valence-electron chi connectivity index (χ1n) is 5.98. The van der Waals surface area contributed by atoms with Gasteiger partial charge in [-0.15, -0.1) is 0 Å². The van der Waals surface area contributed by atoms with Gasteiger partial charge in [0.05, 0.1) is 12.7 Å². The highest BCUT2D eigenvalue weighted by Gasteiger charge is 2.18. The molecule has 1 unspecified atom stereocenters. The zero-order chi connectivity index (χ0) is 13.1. The second kappa shape index (κ2) is 5.73. The summed E-state index contributed by atoms with van der Waals surface area (Å²) in [5, 5.41) is 0. The molecule has 18 heavy (non-hydrogen) atoms. The number of halogens is 1. The van der Waals surface area contributed by atoms with Gasteiger partial charge in [-0.25, -0.2) is 4.39 Å². The van der Waals surface area contributed by atoms with Crippen LogP contribution in [0.2, 0.25) is 0 Å². The zero-order valence-corrected chi connectivity index (χ0v) is 11.2. The molecule has 1 aromatic carbocycles. The number of nitrogens with zero attached hydrogens (tertiary/aromatic N) is 1. The number of thiocarbonyl (C=S) groups is 1. The van der Waals surface area contributed by atoms with Crippen LogP contribution in [0.25, 0.3) is 0 Å². The van der Waals surface area contributed by atoms with Gasteiger partial charge >= 0.3 is 0 Å². The predicted molar refractivity (Wildman–Crippen MR) is 73.0 cm³/mol. The topological polar surface area (TPSA) is 38.5 Å². The largest absolute Gasteiger partial charge is 0.389 e. The van der Waals surface area contributed by atoms with Crippen molar-refractivity contribution in [3.63, 3.8) is 0 Å². The second-order valence-electron chi connectivity index (χ2n) is 4.58. The Kier molecular flexibility index (Phi) is 4.27. The Balaban J connectivity index is 2.16. The molecule has 2 rings (SSSR count). The molecule has 0 amide bonds. The van der Waals surface area contributed by atoms with E-state index in [1.807, 2.05) is 6.92 Å². The van der Waals surface area contributed by atoms with Gasteiger partial charge in [0.1, 0.15) is 10.8 Å². The molecule has 5 heteroatoms. The molecule has 1 fully saturated rings. The number of ether oxygens (including phenoxy) is 1. The fraction of sp³-hybridized carbons (Fsp3) is 0.462. The molecule has 1 atom stereocenters. The van der Waals surface area contributed by atoms with E-state index in [2.05, 4.69) is 4.90 Å². The summed E-state index contributed by atoms with van der Waals surface area (Å²) in [6, 6.07) is 4.55. The lowest BCUT2D eigenvalue weighted by atomic mass is 10.1. The van der Waals surface area contributed by atoms with Crippen molar-refractivity contribution in [2.45, 2.75) is 19.6 Å². The Morgan fingerprint density at radius 2 is 2.39 bits per heavy atom. The van der Waals surface area contributed by atoms with Crippen LogP contribution in [-0.4, -0.2) is 35.7 Å². The summed E-state index contributed by atoms with van der Waals surface area (Å²) < 4.78 is 18.8. The van der Waals surface area contributed by atoms with Gasteiger partial charge in [0.25, 0.3) is 0 Å². The van der Waals surface area contributed by atoms with Gasteiger partial charge in [-0.2, -0.15) is 0 Å². The first kappa shape index (κ1) is 13.4. The third-order valence-corrected chi connectivity index (χ3v) is 3.27. The van der Waals surface area contributed by atoms with E-state index in [1.165, 1.54) is 12.1 Å². The molecule has 1 heterocycles. The summed E-state index contributed by atoms with van der Waals surface area (Å²) in [5.41, 5.74) is 7.26. The molecule has 1 aliphatic heterocycles. The van der Waals surface area contributed by atoms with E-state index in [1.54, 1.807) is 6.07 Å². The third-order valence-electron chi connectivity index (χ3n) is 3.05. The van der Waals surface area contributed by atoms with Crippen LogP contribution in [-0.2, 0) is 11.3 Å². The van der Waals surface area contributed by atoms with Gasteiger partial charge in [0, 0.05) is 25.2 Å². The number of nitrogens with two attached hydrogens (primary N) is 1.